The number of hydrogen-bond donors (Lipinski definition) is 0. The predicted molar refractivity (Wildman–Crippen MR) is 78.3 cm³/mol. The highest BCUT2D eigenvalue weighted by Gasteiger charge is 2.30. The van der Waals surface area contributed by atoms with Crippen molar-refractivity contribution in [2.45, 2.75) is 25.9 Å². The Morgan fingerprint density at radius 1 is 1.48 bits per heavy atom. The lowest BCUT2D eigenvalue weighted by molar-refractivity contribution is -0.125. The average molecular weight is 286 g/mol. The van der Waals surface area contributed by atoms with E-state index in [0.717, 1.165) is 12.2 Å². The van der Waals surface area contributed by atoms with E-state index in [1.54, 1.807) is 25.0 Å². The summed E-state index contributed by atoms with van der Waals surface area (Å²) in [4.78, 5) is 14.0. The van der Waals surface area contributed by atoms with Crippen molar-refractivity contribution < 1.29 is 9.53 Å². The third-order valence-corrected chi connectivity index (χ3v) is 3.75. The average Bonchev–Trinajstić information content (AvgIpc) is 2.91. The van der Waals surface area contributed by atoms with E-state index in [1.165, 1.54) is 16.0 Å². The van der Waals surface area contributed by atoms with Crippen LogP contribution in [0.3, 0.4) is 0 Å². The normalized spacial score (nSPS) is 17.0. The summed E-state index contributed by atoms with van der Waals surface area (Å²) in [6.45, 7) is 2.05. The molecule has 3 rings (SSSR count). The zero-order chi connectivity index (χ0) is 15.0. The molecule has 0 N–H and O–H groups in total. The first-order valence-corrected chi connectivity index (χ1v) is 6.94. The van der Waals surface area contributed by atoms with Gasteiger partial charge in [0.15, 0.2) is 6.10 Å². The molecule has 21 heavy (non-hydrogen) atoms. The Bertz CT molecular complexity index is 680. The van der Waals surface area contributed by atoms with Gasteiger partial charge in [0, 0.05) is 14.1 Å². The van der Waals surface area contributed by atoms with Gasteiger partial charge in [-0.1, -0.05) is 17.7 Å². The lowest BCUT2D eigenvalue weighted by Gasteiger charge is -2.28. The second-order valence-corrected chi connectivity index (χ2v) is 5.40. The van der Waals surface area contributed by atoms with Crippen LogP contribution in [0.5, 0.6) is 5.75 Å². The van der Waals surface area contributed by atoms with E-state index in [-0.39, 0.29) is 5.91 Å². The SMILES string of the molecule is Cc1ccc2c(c1)CCC(C(=O)N(C)c1nncn1C)O2. The third-order valence-electron chi connectivity index (χ3n) is 3.75. The molecular weight excluding hydrogens is 268 g/mol. The molecule has 1 aromatic heterocycles. The molecule has 1 aliphatic heterocycles. The van der Waals surface area contributed by atoms with Gasteiger partial charge in [0.05, 0.1) is 0 Å². The van der Waals surface area contributed by atoms with Gasteiger partial charge >= 0.3 is 0 Å². The fourth-order valence-electron chi connectivity index (χ4n) is 2.59. The van der Waals surface area contributed by atoms with Crippen molar-refractivity contribution in [3.63, 3.8) is 0 Å². The van der Waals surface area contributed by atoms with Crippen LogP contribution in [0.1, 0.15) is 17.5 Å². The highest BCUT2D eigenvalue weighted by Crippen LogP contribution is 2.29. The molecule has 1 unspecified atom stereocenters. The van der Waals surface area contributed by atoms with Gasteiger partial charge in [-0.25, -0.2) is 0 Å². The number of carbonyl (C=O) groups excluding carboxylic acids is 1. The van der Waals surface area contributed by atoms with Gasteiger partial charge < -0.3 is 9.30 Å². The molecule has 0 saturated heterocycles. The van der Waals surface area contributed by atoms with Gasteiger partial charge in [0.2, 0.25) is 5.95 Å². The second-order valence-electron chi connectivity index (χ2n) is 5.40. The van der Waals surface area contributed by atoms with Crippen LogP contribution in [0.2, 0.25) is 0 Å². The molecule has 0 fully saturated rings. The second kappa shape index (κ2) is 5.20. The summed E-state index contributed by atoms with van der Waals surface area (Å²) >= 11 is 0. The maximum absolute atomic E-state index is 12.5. The van der Waals surface area contributed by atoms with E-state index >= 15 is 0 Å². The summed E-state index contributed by atoms with van der Waals surface area (Å²) < 4.78 is 7.57. The molecule has 0 spiro atoms. The summed E-state index contributed by atoms with van der Waals surface area (Å²) in [7, 11) is 3.50. The quantitative estimate of drug-likeness (QED) is 0.839. The molecule has 1 aliphatic rings. The number of amides is 1. The number of nitrogens with zero attached hydrogens (tertiary/aromatic N) is 4. The molecule has 6 nitrogen and oxygen atoms in total. The Balaban J connectivity index is 1.78. The van der Waals surface area contributed by atoms with E-state index in [2.05, 4.69) is 23.2 Å². The lowest BCUT2D eigenvalue weighted by atomic mass is 10.00. The fraction of sp³-hybridized carbons (Fsp3) is 0.400. The number of carbonyl (C=O) groups is 1. The number of anilines is 1. The summed E-state index contributed by atoms with van der Waals surface area (Å²) in [5.74, 6) is 1.21. The predicted octanol–water partition coefficient (Wildman–Crippen LogP) is 1.48. The highest BCUT2D eigenvalue weighted by atomic mass is 16.5. The number of aromatic nitrogens is 3. The Hall–Kier alpha value is -2.37. The zero-order valence-corrected chi connectivity index (χ0v) is 12.4. The van der Waals surface area contributed by atoms with Gasteiger partial charge in [0.1, 0.15) is 12.1 Å². The molecule has 1 aromatic carbocycles. The molecule has 2 aromatic rings. The number of likely N-dealkylation sites (N-methyl/N-ethyl adjacent to an activating group) is 1. The largest absolute Gasteiger partial charge is 0.480 e. The van der Waals surface area contributed by atoms with Crippen LogP contribution in [0.15, 0.2) is 24.5 Å². The molecular formula is C15H18N4O2. The Kier molecular flexibility index (Phi) is 3.37. The monoisotopic (exact) mass is 286 g/mol. The molecule has 2 heterocycles. The molecule has 0 saturated carbocycles. The Labute approximate surface area is 123 Å². The standard InChI is InChI=1S/C15H18N4O2/c1-10-4-6-12-11(8-10)5-7-13(21-12)14(20)19(3)15-17-16-9-18(15)2/h4,6,8-9,13H,5,7H2,1-3H3. The maximum Gasteiger partial charge on any atom is 0.270 e. The Morgan fingerprint density at radius 3 is 3.00 bits per heavy atom. The van der Waals surface area contributed by atoms with E-state index in [1.807, 2.05) is 12.1 Å². The van der Waals surface area contributed by atoms with Crippen LogP contribution in [0.25, 0.3) is 0 Å². The number of aryl methyl sites for hydroxylation is 3. The zero-order valence-electron chi connectivity index (χ0n) is 12.4. The van der Waals surface area contributed by atoms with Crippen LogP contribution in [0.4, 0.5) is 5.95 Å². The van der Waals surface area contributed by atoms with E-state index in [0.29, 0.717) is 12.4 Å². The summed E-state index contributed by atoms with van der Waals surface area (Å²) in [5, 5.41) is 7.74. The van der Waals surface area contributed by atoms with Crippen LogP contribution in [-0.4, -0.2) is 33.8 Å². The smallest absolute Gasteiger partial charge is 0.270 e. The first kappa shape index (κ1) is 13.6. The van der Waals surface area contributed by atoms with Crippen LogP contribution in [0, 0.1) is 6.92 Å². The van der Waals surface area contributed by atoms with Crippen molar-refractivity contribution in [1.29, 1.82) is 0 Å². The number of rotatable bonds is 2. The summed E-state index contributed by atoms with van der Waals surface area (Å²) in [5.41, 5.74) is 2.37. The van der Waals surface area contributed by atoms with Crippen LogP contribution in [-0.2, 0) is 18.3 Å². The van der Waals surface area contributed by atoms with Crippen molar-refractivity contribution in [3.8, 4) is 5.75 Å². The van der Waals surface area contributed by atoms with Crippen LogP contribution >= 0.6 is 0 Å². The van der Waals surface area contributed by atoms with E-state index in [4.69, 9.17) is 4.74 Å². The maximum atomic E-state index is 12.5. The third kappa shape index (κ3) is 2.49. The summed E-state index contributed by atoms with van der Waals surface area (Å²) in [6, 6.07) is 6.05. The van der Waals surface area contributed by atoms with Gasteiger partial charge in [-0.05, 0) is 31.4 Å². The van der Waals surface area contributed by atoms with E-state index in [9.17, 15) is 4.79 Å². The van der Waals surface area contributed by atoms with Crippen molar-refractivity contribution in [2.24, 2.45) is 7.05 Å². The lowest BCUT2D eigenvalue weighted by Crippen LogP contribution is -2.42. The molecule has 1 atom stereocenters. The van der Waals surface area contributed by atoms with E-state index < -0.39 is 6.10 Å². The first-order chi connectivity index (χ1) is 10.1. The first-order valence-electron chi connectivity index (χ1n) is 6.94. The molecule has 0 aliphatic carbocycles. The molecule has 6 heteroatoms. The number of ether oxygens (including phenoxy) is 1. The minimum absolute atomic E-state index is 0.0997. The Morgan fingerprint density at radius 2 is 2.29 bits per heavy atom. The van der Waals surface area contributed by atoms with Crippen molar-refractivity contribution in [2.75, 3.05) is 11.9 Å². The summed E-state index contributed by atoms with van der Waals surface area (Å²) in [6.07, 6.45) is 2.62. The van der Waals surface area contributed by atoms with Gasteiger partial charge in [-0.3, -0.25) is 9.69 Å². The minimum Gasteiger partial charge on any atom is -0.480 e. The van der Waals surface area contributed by atoms with Crippen LogP contribution < -0.4 is 9.64 Å². The highest BCUT2D eigenvalue weighted by molar-refractivity contribution is 5.95. The van der Waals surface area contributed by atoms with Crippen molar-refractivity contribution in [3.05, 3.63) is 35.7 Å². The van der Waals surface area contributed by atoms with Gasteiger partial charge in [-0.2, -0.15) is 0 Å². The van der Waals surface area contributed by atoms with Gasteiger partial charge in [-0.15, -0.1) is 10.2 Å². The molecule has 0 bridgehead atoms. The minimum atomic E-state index is -0.470. The van der Waals surface area contributed by atoms with Crippen molar-refractivity contribution >= 4 is 11.9 Å². The topological polar surface area (TPSA) is 60.2 Å². The number of hydrogen-bond acceptors (Lipinski definition) is 4. The number of benzene rings is 1. The molecule has 1 amide bonds. The number of fused-ring (bicyclic) bond motifs is 1. The van der Waals surface area contributed by atoms with Crippen molar-refractivity contribution in [1.82, 2.24) is 14.8 Å². The van der Waals surface area contributed by atoms with Gasteiger partial charge in [0.25, 0.3) is 5.91 Å². The molecule has 0 radical (unpaired) electrons. The molecule has 110 valence electrons. The fourth-order valence-corrected chi connectivity index (χ4v) is 2.59.